The molecule has 0 unspecified atom stereocenters. The van der Waals surface area contributed by atoms with Crippen LogP contribution in [0.4, 0.5) is 0 Å². The highest BCUT2D eigenvalue weighted by Crippen LogP contribution is 2.29. The molecule has 1 fully saturated rings. The summed E-state index contributed by atoms with van der Waals surface area (Å²) in [7, 11) is 0. The van der Waals surface area contributed by atoms with Gasteiger partial charge in [0.2, 0.25) is 0 Å². The lowest BCUT2D eigenvalue weighted by Gasteiger charge is -2.25. The molecule has 2 aromatic rings. The summed E-state index contributed by atoms with van der Waals surface area (Å²) in [6.07, 6.45) is 0. The van der Waals surface area contributed by atoms with E-state index in [1.807, 2.05) is 24.3 Å². The SMILES string of the molecule is O=C(O)c1cc(-c2ccc(SC3COC3)cc2)n[nH]1. The van der Waals surface area contributed by atoms with E-state index in [1.54, 1.807) is 11.8 Å². The van der Waals surface area contributed by atoms with Crippen LogP contribution in [0.1, 0.15) is 10.5 Å². The molecule has 1 aliphatic rings. The van der Waals surface area contributed by atoms with E-state index in [0.717, 1.165) is 18.8 Å². The quantitative estimate of drug-likeness (QED) is 0.896. The van der Waals surface area contributed by atoms with Crippen molar-refractivity contribution in [3.05, 3.63) is 36.0 Å². The molecule has 0 spiro atoms. The van der Waals surface area contributed by atoms with Crippen LogP contribution < -0.4 is 0 Å². The van der Waals surface area contributed by atoms with E-state index in [0.29, 0.717) is 10.9 Å². The lowest BCUT2D eigenvalue weighted by molar-refractivity contribution is 0.0455. The number of ether oxygens (including phenoxy) is 1. The summed E-state index contributed by atoms with van der Waals surface area (Å²) in [6, 6.07) is 9.47. The van der Waals surface area contributed by atoms with Crippen molar-refractivity contribution in [2.75, 3.05) is 13.2 Å². The van der Waals surface area contributed by atoms with Gasteiger partial charge in [0.15, 0.2) is 0 Å². The van der Waals surface area contributed by atoms with Crippen molar-refractivity contribution in [3.63, 3.8) is 0 Å². The third kappa shape index (κ3) is 2.64. The molecule has 0 aliphatic carbocycles. The Morgan fingerprint density at radius 3 is 2.63 bits per heavy atom. The predicted octanol–water partition coefficient (Wildman–Crippen LogP) is 2.27. The average Bonchev–Trinajstić information content (AvgIpc) is 2.84. The molecule has 0 atom stereocenters. The first kappa shape index (κ1) is 12.3. The minimum atomic E-state index is -1.00. The molecule has 1 aromatic carbocycles. The highest BCUT2D eigenvalue weighted by Gasteiger charge is 2.19. The topological polar surface area (TPSA) is 75.2 Å². The normalized spacial score (nSPS) is 15.2. The molecule has 19 heavy (non-hydrogen) atoms. The molecule has 2 heterocycles. The van der Waals surface area contributed by atoms with Gasteiger partial charge in [0.1, 0.15) is 5.69 Å². The van der Waals surface area contributed by atoms with Gasteiger partial charge in [0, 0.05) is 10.5 Å². The van der Waals surface area contributed by atoms with Gasteiger partial charge in [0.25, 0.3) is 0 Å². The van der Waals surface area contributed by atoms with Crippen molar-refractivity contribution in [2.45, 2.75) is 10.1 Å². The lowest BCUT2D eigenvalue weighted by Crippen LogP contribution is -2.29. The Kier molecular flexibility index (Phi) is 3.27. The summed E-state index contributed by atoms with van der Waals surface area (Å²) in [4.78, 5) is 12.0. The van der Waals surface area contributed by atoms with Crippen LogP contribution in [0, 0.1) is 0 Å². The molecule has 3 rings (SSSR count). The van der Waals surface area contributed by atoms with E-state index < -0.39 is 5.97 Å². The Hall–Kier alpha value is -1.79. The zero-order valence-corrected chi connectivity index (χ0v) is 10.8. The number of hydrogen-bond donors (Lipinski definition) is 2. The summed E-state index contributed by atoms with van der Waals surface area (Å²) < 4.78 is 5.13. The first-order valence-electron chi connectivity index (χ1n) is 5.86. The standard InChI is InChI=1S/C13H12N2O3S/c16-13(17)12-5-11(14-15-12)8-1-3-9(4-2-8)19-10-6-18-7-10/h1-5,10H,6-7H2,(H,14,15)(H,16,17). The molecule has 1 aliphatic heterocycles. The fourth-order valence-corrected chi connectivity index (χ4v) is 2.76. The number of carboxylic acids is 1. The Bertz CT molecular complexity index is 590. The van der Waals surface area contributed by atoms with Crippen molar-refractivity contribution in [3.8, 4) is 11.3 Å². The third-order valence-electron chi connectivity index (χ3n) is 2.87. The molecule has 0 bridgehead atoms. The molecule has 0 saturated carbocycles. The van der Waals surface area contributed by atoms with Crippen LogP contribution in [0.15, 0.2) is 35.2 Å². The van der Waals surface area contributed by atoms with Crippen LogP contribution in [0.25, 0.3) is 11.3 Å². The van der Waals surface area contributed by atoms with Crippen molar-refractivity contribution >= 4 is 17.7 Å². The van der Waals surface area contributed by atoms with E-state index in [1.165, 1.54) is 11.0 Å². The van der Waals surface area contributed by atoms with Crippen LogP contribution in [0.2, 0.25) is 0 Å². The Balaban J connectivity index is 1.75. The largest absolute Gasteiger partial charge is 0.477 e. The van der Waals surface area contributed by atoms with E-state index in [2.05, 4.69) is 10.2 Å². The molecule has 0 amide bonds. The van der Waals surface area contributed by atoms with Gasteiger partial charge >= 0.3 is 5.97 Å². The molecule has 1 aromatic heterocycles. The number of carbonyl (C=O) groups is 1. The molecule has 98 valence electrons. The highest BCUT2D eigenvalue weighted by molar-refractivity contribution is 8.00. The van der Waals surface area contributed by atoms with E-state index >= 15 is 0 Å². The first-order chi connectivity index (χ1) is 9.22. The smallest absolute Gasteiger partial charge is 0.353 e. The summed E-state index contributed by atoms with van der Waals surface area (Å²) in [6.45, 7) is 1.63. The van der Waals surface area contributed by atoms with Gasteiger partial charge in [-0.3, -0.25) is 5.10 Å². The minimum absolute atomic E-state index is 0.0973. The number of nitrogens with zero attached hydrogens (tertiary/aromatic N) is 1. The molecule has 5 nitrogen and oxygen atoms in total. The van der Waals surface area contributed by atoms with Crippen molar-refractivity contribution in [1.29, 1.82) is 0 Å². The van der Waals surface area contributed by atoms with E-state index in [-0.39, 0.29) is 5.69 Å². The maximum absolute atomic E-state index is 10.8. The molecule has 0 radical (unpaired) electrons. The van der Waals surface area contributed by atoms with Gasteiger partial charge < -0.3 is 9.84 Å². The van der Waals surface area contributed by atoms with Crippen LogP contribution in [-0.4, -0.2) is 39.7 Å². The Morgan fingerprint density at radius 2 is 2.11 bits per heavy atom. The van der Waals surface area contributed by atoms with Crippen LogP contribution in [0.3, 0.4) is 0 Å². The first-order valence-corrected chi connectivity index (χ1v) is 6.74. The second-order valence-electron chi connectivity index (χ2n) is 4.27. The number of aromatic amines is 1. The Labute approximate surface area is 114 Å². The van der Waals surface area contributed by atoms with Crippen LogP contribution >= 0.6 is 11.8 Å². The molecular weight excluding hydrogens is 264 g/mol. The molecule has 6 heteroatoms. The van der Waals surface area contributed by atoms with E-state index in [4.69, 9.17) is 9.84 Å². The van der Waals surface area contributed by atoms with Gasteiger partial charge in [-0.1, -0.05) is 12.1 Å². The van der Waals surface area contributed by atoms with Gasteiger partial charge in [-0.15, -0.1) is 11.8 Å². The maximum atomic E-state index is 10.8. The maximum Gasteiger partial charge on any atom is 0.353 e. The summed E-state index contributed by atoms with van der Waals surface area (Å²) in [5.74, 6) is -1.00. The fourth-order valence-electron chi connectivity index (χ4n) is 1.76. The number of nitrogens with one attached hydrogen (secondary N) is 1. The van der Waals surface area contributed by atoms with Crippen LogP contribution in [0.5, 0.6) is 0 Å². The number of rotatable bonds is 4. The zero-order valence-electron chi connectivity index (χ0n) is 10.00. The number of aromatic carboxylic acids is 1. The number of hydrogen-bond acceptors (Lipinski definition) is 4. The predicted molar refractivity (Wildman–Crippen MR) is 71.4 cm³/mol. The number of carboxylic acid groups (broad SMARTS) is 1. The van der Waals surface area contributed by atoms with Gasteiger partial charge in [-0.25, -0.2) is 4.79 Å². The van der Waals surface area contributed by atoms with Gasteiger partial charge in [-0.05, 0) is 18.2 Å². The van der Waals surface area contributed by atoms with Crippen molar-refractivity contribution in [2.24, 2.45) is 0 Å². The number of aromatic nitrogens is 2. The zero-order chi connectivity index (χ0) is 13.2. The summed E-state index contributed by atoms with van der Waals surface area (Å²) in [5, 5.41) is 15.9. The second kappa shape index (κ2) is 5.07. The van der Waals surface area contributed by atoms with Crippen LogP contribution in [-0.2, 0) is 4.74 Å². The van der Waals surface area contributed by atoms with Gasteiger partial charge in [-0.2, -0.15) is 5.10 Å². The minimum Gasteiger partial charge on any atom is -0.477 e. The number of thioether (sulfide) groups is 1. The number of H-pyrrole nitrogens is 1. The highest BCUT2D eigenvalue weighted by atomic mass is 32.2. The van der Waals surface area contributed by atoms with Gasteiger partial charge in [0.05, 0.1) is 24.2 Å². The van der Waals surface area contributed by atoms with Crippen molar-refractivity contribution in [1.82, 2.24) is 10.2 Å². The Morgan fingerprint density at radius 1 is 1.37 bits per heavy atom. The fraction of sp³-hybridized carbons (Fsp3) is 0.231. The number of benzene rings is 1. The average molecular weight is 276 g/mol. The molecule has 1 saturated heterocycles. The van der Waals surface area contributed by atoms with Crippen molar-refractivity contribution < 1.29 is 14.6 Å². The lowest BCUT2D eigenvalue weighted by atomic mass is 10.1. The summed E-state index contributed by atoms with van der Waals surface area (Å²) in [5.41, 5.74) is 1.64. The monoisotopic (exact) mass is 276 g/mol. The third-order valence-corrected chi connectivity index (χ3v) is 4.02. The molecule has 2 N–H and O–H groups in total. The molecular formula is C13H12N2O3S. The summed E-state index contributed by atoms with van der Waals surface area (Å²) >= 11 is 1.80. The van der Waals surface area contributed by atoms with E-state index in [9.17, 15) is 4.79 Å². The second-order valence-corrected chi connectivity index (χ2v) is 5.65.